The third kappa shape index (κ3) is 6.07. The number of rotatable bonds is 9. The Bertz CT molecular complexity index is 933. The van der Waals surface area contributed by atoms with Gasteiger partial charge in [0.1, 0.15) is 27.8 Å². The van der Waals surface area contributed by atoms with Gasteiger partial charge < -0.3 is 19.3 Å². The van der Waals surface area contributed by atoms with E-state index in [1.165, 1.54) is 26.4 Å². The lowest BCUT2D eigenvalue weighted by molar-refractivity contribution is -0.378. The molecule has 6 nitrogen and oxygen atoms in total. The number of benzene rings is 1. The molecule has 2 rings (SSSR count). The van der Waals surface area contributed by atoms with E-state index in [9.17, 15) is 9.90 Å². The molecular weight excluding hydrogens is 394 g/mol. The van der Waals surface area contributed by atoms with Gasteiger partial charge in [-0.3, -0.25) is 4.79 Å². The minimum absolute atomic E-state index is 0.0181. The Morgan fingerprint density at radius 3 is 2.62 bits per heavy atom. The second-order valence-corrected chi connectivity index (χ2v) is 6.94. The van der Waals surface area contributed by atoms with Gasteiger partial charge in [-0.1, -0.05) is 23.3 Å². The number of carbonyl (C=O) groups is 1. The van der Waals surface area contributed by atoms with Gasteiger partial charge >= 0.3 is 0 Å². The molecule has 2 aromatic rings. The number of allylic oxidation sites excluding steroid dienone is 3. The van der Waals surface area contributed by atoms with Crippen molar-refractivity contribution in [2.24, 2.45) is 0 Å². The van der Waals surface area contributed by atoms with Crippen LogP contribution in [0.25, 0.3) is 6.08 Å². The fourth-order valence-corrected chi connectivity index (χ4v) is 2.84. The number of aromatic nitrogens is 1. The molecule has 0 spiro atoms. The predicted molar refractivity (Wildman–Crippen MR) is 112 cm³/mol. The fraction of sp³-hybridized carbons (Fsp3) is 0.273. The summed E-state index contributed by atoms with van der Waals surface area (Å²) in [4.78, 5) is 15.9. The molecule has 0 amide bonds. The number of ether oxygens (including phenoxy) is 3. The second kappa shape index (κ2) is 10.6. The van der Waals surface area contributed by atoms with Crippen molar-refractivity contribution in [3.05, 3.63) is 64.0 Å². The van der Waals surface area contributed by atoms with E-state index in [-0.39, 0.29) is 35.4 Å². The Kier molecular flexibility index (Phi) is 8.24. The number of aromatic amines is 1. The molecule has 29 heavy (non-hydrogen) atoms. The molecule has 0 saturated heterocycles. The summed E-state index contributed by atoms with van der Waals surface area (Å²) < 4.78 is 16.0. The summed E-state index contributed by atoms with van der Waals surface area (Å²) >= 11 is 5.97. The number of hydrogen-bond acceptors (Lipinski definition) is 5. The van der Waals surface area contributed by atoms with Crippen LogP contribution in [0.5, 0.6) is 17.2 Å². The largest absolute Gasteiger partial charge is 0.507 e. The highest BCUT2D eigenvalue weighted by Crippen LogP contribution is 2.40. The van der Waals surface area contributed by atoms with Crippen molar-refractivity contribution in [2.75, 3.05) is 21.0 Å². The van der Waals surface area contributed by atoms with E-state index in [0.717, 1.165) is 11.1 Å². The highest BCUT2D eigenvalue weighted by atomic mass is 35.5. The van der Waals surface area contributed by atoms with Crippen molar-refractivity contribution >= 4 is 23.5 Å². The lowest BCUT2D eigenvalue weighted by Crippen LogP contribution is -2.09. The van der Waals surface area contributed by atoms with E-state index in [4.69, 9.17) is 25.8 Å². The number of aromatic hydroxyl groups is 1. The van der Waals surface area contributed by atoms with Crippen LogP contribution < -0.4 is 14.5 Å². The zero-order chi connectivity index (χ0) is 21.4. The van der Waals surface area contributed by atoms with Gasteiger partial charge in [0.15, 0.2) is 25.0 Å². The van der Waals surface area contributed by atoms with E-state index in [1.807, 2.05) is 19.9 Å². The molecule has 1 aromatic heterocycles. The average molecular weight is 419 g/mol. The summed E-state index contributed by atoms with van der Waals surface area (Å²) in [5, 5.41) is 11.0. The molecule has 0 aliphatic carbocycles. The minimum Gasteiger partial charge on any atom is -0.507 e. The Morgan fingerprint density at radius 2 is 2.00 bits per heavy atom. The summed E-state index contributed by atoms with van der Waals surface area (Å²) in [5.74, 6) is 0.0807. The number of hydrogen-bond donors (Lipinski definition) is 1. The smallest absolute Gasteiger partial charge is 0.193 e. The van der Waals surface area contributed by atoms with Crippen LogP contribution in [0.1, 0.15) is 35.3 Å². The van der Waals surface area contributed by atoms with Crippen molar-refractivity contribution in [1.29, 1.82) is 0 Å². The molecule has 0 radical (unpaired) electrons. The number of nitrogens with one attached hydrogen (secondary N) is 1. The molecule has 2 N–H and O–H groups in total. The van der Waals surface area contributed by atoms with E-state index < -0.39 is 0 Å². The molecule has 154 valence electrons. The van der Waals surface area contributed by atoms with Gasteiger partial charge in [0.2, 0.25) is 0 Å². The number of phenols is 1. The Labute approximate surface area is 175 Å². The highest BCUT2D eigenvalue weighted by molar-refractivity contribution is 6.30. The van der Waals surface area contributed by atoms with Gasteiger partial charge in [-0.2, -0.15) is 0 Å². The normalized spacial score (nSPS) is 10.8. The maximum Gasteiger partial charge on any atom is 0.193 e. The fourth-order valence-electron chi connectivity index (χ4n) is 2.65. The number of methoxy groups -OCH3 is 2. The molecule has 7 heteroatoms. The number of carbonyl (C=O) groups excluding carboxylic acids is 1. The van der Waals surface area contributed by atoms with Gasteiger partial charge in [-0.15, -0.1) is 0 Å². The number of phenolic OH excluding ortho intramolecular Hbond substituents is 1. The number of ketones is 1. The van der Waals surface area contributed by atoms with Crippen LogP contribution in [-0.2, 0) is 11.2 Å². The molecule has 1 aromatic carbocycles. The third-order valence-electron chi connectivity index (χ3n) is 4.03. The minimum atomic E-state index is -0.341. The van der Waals surface area contributed by atoms with Gasteiger partial charge in [0.05, 0.1) is 7.11 Å². The van der Waals surface area contributed by atoms with Crippen molar-refractivity contribution < 1.29 is 29.1 Å². The van der Waals surface area contributed by atoms with E-state index >= 15 is 0 Å². The van der Waals surface area contributed by atoms with Crippen LogP contribution in [-0.4, -0.2) is 31.9 Å². The second-order valence-electron chi connectivity index (χ2n) is 6.50. The summed E-state index contributed by atoms with van der Waals surface area (Å²) in [6.45, 7) is 3.82. The maximum atomic E-state index is 13.0. The first-order valence-electron chi connectivity index (χ1n) is 8.94. The molecule has 0 unspecified atom stereocenters. The molecule has 1 heterocycles. The lowest BCUT2D eigenvalue weighted by atomic mass is 9.99. The van der Waals surface area contributed by atoms with Gasteiger partial charge in [0.25, 0.3) is 0 Å². The molecule has 0 atom stereocenters. The highest BCUT2D eigenvalue weighted by Gasteiger charge is 2.24. The molecule has 0 fully saturated rings. The van der Waals surface area contributed by atoms with Gasteiger partial charge in [0, 0.05) is 24.3 Å². The zero-order valence-electron chi connectivity index (χ0n) is 16.9. The molecule has 0 aliphatic heterocycles. The van der Waals surface area contributed by atoms with Crippen LogP contribution in [0, 0.1) is 0 Å². The van der Waals surface area contributed by atoms with Crippen molar-refractivity contribution in [3.63, 3.8) is 0 Å². The van der Waals surface area contributed by atoms with Crippen LogP contribution in [0.15, 0.2) is 42.3 Å². The van der Waals surface area contributed by atoms with E-state index in [2.05, 4.69) is 4.98 Å². The first-order valence-corrected chi connectivity index (χ1v) is 9.32. The monoisotopic (exact) mass is 418 g/mol. The summed E-state index contributed by atoms with van der Waals surface area (Å²) in [5.41, 5.74) is 2.49. The SMILES string of the molecule is COCOc1c(CC=C(C)C)c(O)cc(OC)c1C(=O)/C=C/c1c[nH+]cc(Cl)c1. The quantitative estimate of drug-likeness (QED) is 0.285. The van der Waals surface area contributed by atoms with Crippen LogP contribution >= 0.6 is 11.6 Å². The Hall–Kier alpha value is -2.83. The van der Waals surface area contributed by atoms with Crippen molar-refractivity contribution in [1.82, 2.24) is 0 Å². The predicted octanol–water partition coefficient (Wildman–Crippen LogP) is 4.26. The van der Waals surface area contributed by atoms with Crippen molar-refractivity contribution in [3.8, 4) is 17.2 Å². The number of pyridine rings is 1. The van der Waals surface area contributed by atoms with E-state index in [1.54, 1.807) is 24.5 Å². The molecule has 0 aliphatic rings. The number of H-pyrrole nitrogens is 1. The van der Waals surface area contributed by atoms with Crippen LogP contribution in [0.3, 0.4) is 0 Å². The average Bonchev–Trinajstić information content (AvgIpc) is 2.69. The number of halogens is 1. The first kappa shape index (κ1) is 22.5. The van der Waals surface area contributed by atoms with Crippen LogP contribution in [0.2, 0.25) is 5.02 Å². The molecule has 0 bridgehead atoms. The van der Waals surface area contributed by atoms with Gasteiger partial charge in [-0.25, -0.2) is 4.98 Å². The Morgan fingerprint density at radius 1 is 1.24 bits per heavy atom. The summed E-state index contributed by atoms with van der Waals surface area (Å²) in [7, 11) is 2.91. The van der Waals surface area contributed by atoms with Crippen molar-refractivity contribution in [2.45, 2.75) is 20.3 Å². The molecule has 0 saturated carbocycles. The zero-order valence-corrected chi connectivity index (χ0v) is 17.7. The lowest BCUT2D eigenvalue weighted by Gasteiger charge is -2.18. The Balaban J connectivity index is 2.55. The summed E-state index contributed by atoms with van der Waals surface area (Å²) in [6.07, 6.45) is 8.71. The van der Waals surface area contributed by atoms with Crippen LogP contribution in [0.4, 0.5) is 0 Å². The standard InChI is InChI=1S/C22H24ClNO5/c1-14(2)5-7-17-19(26)10-20(28-4)21(22(17)29-13-27-3)18(25)8-6-15-9-16(23)12-24-11-15/h5-6,8-12,26H,7,13H2,1-4H3/p+1/b8-6+. The first-order chi connectivity index (χ1) is 13.9. The topological polar surface area (TPSA) is 79.1 Å². The third-order valence-corrected chi connectivity index (χ3v) is 4.25. The molecular formula is C22H25ClNO5+. The van der Waals surface area contributed by atoms with E-state index in [0.29, 0.717) is 17.0 Å². The maximum absolute atomic E-state index is 13.0. The summed E-state index contributed by atoms with van der Waals surface area (Å²) in [6, 6.07) is 3.14. The van der Waals surface area contributed by atoms with Gasteiger partial charge in [-0.05, 0) is 38.5 Å².